The predicted molar refractivity (Wildman–Crippen MR) is 227 cm³/mol. The zero-order chi connectivity index (χ0) is 42.1. The number of carbonyl (C=O) groups is 4. The maximum absolute atomic E-state index is 13.2. The van der Waals surface area contributed by atoms with E-state index in [2.05, 4.69) is 46.5 Å². The highest BCUT2D eigenvalue weighted by molar-refractivity contribution is 6.16. The highest BCUT2D eigenvalue weighted by atomic mass is 16.5. The normalized spacial score (nSPS) is 12.0. The third-order valence-electron chi connectivity index (χ3n) is 10.1. The van der Waals surface area contributed by atoms with Crippen molar-refractivity contribution in [3.63, 3.8) is 0 Å². The summed E-state index contributed by atoms with van der Waals surface area (Å²) in [6, 6.07) is 29.4. The Morgan fingerprint density at radius 1 is 0.590 bits per heavy atom. The van der Waals surface area contributed by atoms with Gasteiger partial charge in [0, 0.05) is 42.5 Å². The van der Waals surface area contributed by atoms with Crippen molar-refractivity contribution in [1.82, 2.24) is 45.3 Å². The number of nitrogens with one attached hydrogen (secondary N) is 3. The minimum absolute atomic E-state index is 0.0513. The number of benzene rings is 4. The summed E-state index contributed by atoms with van der Waals surface area (Å²) in [6.07, 6.45) is 12.2. The molecule has 4 aromatic carbocycles. The first-order chi connectivity index (χ1) is 29.9. The lowest BCUT2D eigenvalue weighted by Gasteiger charge is -2.13. The molecule has 1 aliphatic rings. The van der Waals surface area contributed by atoms with Crippen molar-refractivity contribution in [2.75, 3.05) is 24.3 Å². The third kappa shape index (κ3) is 9.28. The van der Waals surface area contributed by atoms with Crippen molar-refractivity contribution in [3.05, 3.63) is 168 Å². The number of aromatic nitrogens is 8. The molecule has 0 bridgehead atoms. The highest BCUT2D eigenvalue weighted by Gasteiger charge is 2.24. The SMILES string of the molecule is COC(=O)c1ncccc1NC(=O)c1ccc(Cn2ccnn2)c2ccccc12.O=C(NCC1CC1)c1ncccc1NC(=O)c1ccc(Cn2ccnn2)c2ccccc12. The second-order valence-electron chi connectivity index (χ2n) is 14.2. The minimum atomic E-state index is -0.617. The van der Waals surface area contributed by atoms with E-state index in [1.165, 1.54) is 13.3 Å². The molecule has 0 unspecified atom stereocenters. The van der Waals surface area contributed by atoms with Gasteiger partial charge in [-0.05, 0) is 87.8 Å². The zero-order valence-electron chi connectivity index (χ0n) is 32.9. The number of rotatable bonds is 12. The van der Waals surface area contributed by atoms with Crippen molar-refractivity contribution >= 4 is 56.6 Å². The Hall–Kier alpha value is -8.14. The Bertz CT molecular complexity index is 2860. The lowest BCUT2D eigenvalue weighted by atomic mass is 9.99. The van der Waals surface area contributed by atoms with E-state index in [0.717, 1.165) is 45.5 Å². The average molecular weight is 814 g/mol. The van der Waals surface area contributed by atoms with Gasteiger partial charge in [-0.2, -0.15) is 0 Å². The van der Waals surface area contributed by atoms with E-state index >= 15 is 0 Å². The van der Waals surface area contributed by atoms with Crippen LogP contribution in [-0.4, -0.2) is 77.3 Å². The molecule has 3 amide bonds. The number of hydrogen-bond acceptors (Lipinski definition) is 11. The van der Waals surface area contributed by atoms with Gasteiger partial charge in [0.2, 0.25) is 0 Å². The first-order valence-corrected chi connectivity index (χ1v) is 19.4. The second-order valence-corrected chi connectivity index (χ2v) is 14.2. The van der Waals surface area contributed by atoms with E-state index in [0.29, 0.717) is 48.1 Å². The first kappa shape index (κ1) is 39.7. The van der Waals surface area contributed by atoms with Gasteiger partial charge in [-0.25, -0.2) is 24.1 Å². The van der Waals surface area contributed by atoms with Crippen molar-refractivity contribution < 1.29 is 23.9 Å². The van der Waals surface area contributed by atoms with Crippen LogP contribution in [0, 0.1) is 5.92 Å². The van der Waals surface area contributed by atoms with Gasteiger partial charge in [0.1, 0.15) is 0 Å². The van der Waals surface area contributed by atoms with Crippen molar-refractivity contribution in [2.45, 2.75) is 25.9 Å². The molecule has 0 aliphatic heterocycles. The van der Waals surface area contributed by atoms with Crippen LogP contribution in [0.2, 0.25) is 0 Å². The summed E-state index contributed by atoms with van der Waals surface area (Å²) in [6.45, 7) is 1.73. The predicted octanol–water partition coefficient (Wildman–Crippen LogP) is 6.18. The Kier molecular flexibility index (Phi) is 11.8. The van der Waals surface area contributed by atoms with E-state index in [4.69, 9.17) is 4.74 Å². The van der Waals surface area contributed by atoms with Crippen LogP contribution in [0.25, 0.3) is 21.5 Å². The van der Waals surface area contributed by atoms with Gasteiger partial charge < -0.3 is 20.7 Å². The summed E-state index contributed by atoms with van der Waals surface area (Å²) in [5, 5.41) is 27.8. The van der Waals surface area contributed by atoms with Crippen molar-refractivity contribution in [2.24, 2.45) is 5.92 Å². The maximum Gasteiger partial charge on any atom is 0.358 e. The molecule has 8 aromatic rings. The molecule has 0 radical (unpaired) electrons. The Morgan fingerprint density at radius 3 is 1.56 bits per heavy atom. The molecule has 4 aromatic heterocycles. The Morgan fingerprint density at radius 2 is 1.08 bits per heavy atom. The molecule has 4 heterocycles. The average Bonchev–Trinajstić information content (AvgIpc) is 3.70. The number of carbonyl (C=O) groups excluding carboxylic acids is 4. The van der Waals surface area contributed by atoms with Crippen LogP contribution in [-0.2, 0) is 17.8 Å². The second kappa shape index (κ2) is 18.2. The van der Waals surface area contributed by atoms with E-state index in [1.807, 2.05) is 60.7 Å². The quantitative estimate of drug-likeness (QED) is 0.119. The fraction of sp³-hybridized carbons (Fsp3) is 0.156. The fourth-order valence-electron chi connectivity index (χ4n) is 6.85. The molecule has 1 aliphatic carbocycles. The molecule has 0 spiro atoms. The van der Waals surface area contributed by atoms with Crippen LogP contribution in [0.1, 0.15) is 65.7 Å². The van der Waals surface area contributed by atoms with Crippen LogP contribution in [0.5, 0.6) is 0 Å². The molecule has 9 rings (SSSR count). The maximum atomic E-state index is 13.2. The molecule has 3 N–H and O–H groups in total. The molecule has 16 heteroatoms. The van der Waals surface area contributed by atoms with Gasteiger partial charge in [-0.15, -0.1) is 10.2 Å². The molecular weight excluding hydrogens is 775 g/mol. The molecule has 0 saturated heterocycles. The number of pyridine rings is 2. The Labute approximate surface area is 349 Å². The minimum Gasteiger partial charge on any atom is -0.464 e. The van der Waals surface area contributed by atoms with Crippen LogP contribution in [0.15, 0.2) is 134 Å². The van der Waals surface area contributed by atoms with Crippen LogP contribution < -0.4 is 16.0 Å². The highest BCUT2D eigenvalue weighted by Crippen LogP contribution is 2.29. The van der Waals surface area contributed by atoms with Gasteiger partial charge >= 0.3 is 5.97 Å². The van der Waals surface area contributed by atoms with Crippen LogP contribution in [0.3, 0.4) is 0 Å². The van der Waals surface area contributed by atoms with Gasteiger partial charge in [0.15, 0.2) is 11.4 Å². The summed E-state index contributed by atoms with van der Waals surface area (Å²) in [4.78, 5) is 58.9. The summed E-state index contributed by atoms with van der Waals surface area (Å²) >= 11 is 0. The van der Waals surface area contributed by atoms with E-state index in [1.54, 1.807) is 76.7 Å². The first-order valence-electron chi connectivity index (χ1n) is 19.4. The number of amides is 3. The molecule has 1 fully saturated rings. The molecule has 304 valence electrons. The van der Waals surface area contributed by atoms with Crippen molar-refractivity contribution in [1.29, 1.82) is 0 Å². The molecule has 61 heavy (non-hydrogen) atoms. The lowest BCUT2D eigenvalue weighted by Crippen LogP contribution is -2.28. The topological polar surface area (TPSA) is 201 Å². The van der Waals surface area contributed by atoms with Crippen LogP contribution >= 0.6 is 0 Å². The largest absolute Gasteiger partial charge is 0.464 e. The number of ether oxygens (including phenoxy) is 1. The van der Waals surface area contributed by atoms with Gasteiger partial charge in [-0.3, -0.25) is 14.4 Å². The molecule has 0 atom stereocenters. The van der Waals surface area contributed by atoms with E-state index < -0.39 is 5.97 Å². The number of fused-ring (bicyclic) bond motifs is 2. The monoisotopic (exact) mass is 813 g/mol. The molecular formula is C45H39N11O5. The van der Waals surface area contributed by atoms with Gasteiger partial charge in [0.05, 0.1) is 44.0 Å². The third-order valence-corrected chi connectivity index (χ3v) is 10.1. The zero-order valence-corrected chi connectivity index (χ0v) is 32.9. The van der Waals surface area contributed by atoms with Gasteiger partial charge in [-0.1, -0.05) is 71.1 Å². The van der Waals surface area contributed by atoms with Crippen LogP contribution in [0.4, 0.5) is 11.4 Å². The van der Waals surface area contributed by atoms with E-state index in [9.17, 15) is 19.2 Å². The van der Waals surface area contributed by atoms with E-state index in [-0.39, 0.29) is 29.1 Å². The number of esters is 1. The molecule has 16 nitrogen and oxygen atoms in total. The fourth-order valence-corrected chi connectivity index (χ4v) is 6.85. The summed E-state index contributed by atoms with van der Waals surface area (Å²) in [5.74, 6) is -0.970. The summed E-state index contributed by atoms with van der Waals surface area (Å²) in [7, 11) is 1.27. The number of hydrogen-bond donors (Lipinski definition) is 3. The number of anilines is 2. The lowest BCUT2D eigenvalue weighted by molar-refractivity contribution is 0.0595. The number of nitrogens with zero attached hydrogens (tertiary/aromatic N) is 8. The smallest absolute Gasteiger partial charge is 0.358 e. The summed E-state index contributed by atoms with van der Waals surface area (Å²) < 4.78 is 8.20. The number of methoxy groups -OCH3 is 1. The Balaban J connectivity index is 0.000000169. The standard InChI is InChI=1S/C24H22N6O2.C21H17N5O3/c31-23(28-21-6-3-11-25-22(21)24(32)26-14-16-7-8-16)20-10-9-17(15-30-13-12-27-29-30)18-4-1-2-5-19(18)20;1-29-21(28)19-18(7-4-10-22-19)24-20(27)17-9-8-14(13-26-12-11-23-25-26)15-5-2-3-6-16(15)17/h1-6,9-13,16H,7-8,14-15H2,(H,26,32)(H,28,31);2-12H,13H2,1H3,(H,24,27). The summed E-state index contributed by atoms with van der Waals surface area (Å²) in [5.41, 5.74) is 4.01. The van der Waals surface area contributed by atoms with Crippen molar-refractivity contribution in [3.8, 4) is 0 Å². The van der Waals surface area contributed by atoms with Gasteiger partial charge in [0.25, 0.3) is 17.7 Å². The molecule has 1 saturated carbocycles.